The molecule has 11 heteroatoms. The Morgan fingerprint density at radius 3 is 2.62 bits per heavy atom. The molecule has 5 rings (SSSR count). The van der Waals surface area contributed by atoms with Crippen LogP contribution in [0.5, 0.6) is 5.75 Å². The lowest BCUT2D eigenvalue weighted by Gasteiger charge is -2.14. The van der Waals surface area contributed by atoms with Crippen molar-refractivity contribution in [3.63, 3.8) is 0 Å². The number of nitrogens with one attached hydrogen (secondary N) is 1. The Hall–Kier alpha value is -3.70. The molecule has 0 saturated heterocycles. The Balaban J connectivity index is 1.45. The van der Waals surface area contributed by atoms with Crippen molar-refractivity contribution in [2.24, 2.45) is 17.4 Å². The van der Waals surface area contributed by atoms with Crippen LogP contribution < -0.4 is 21.9 Å². The molecule has 0 amide bonds. The first kappa shape index (κ1) is 29.8. The summed E-state index contributed by atoms with van der Waals surface area (Å²) in [5, 5.41) is 0.495. The number of nitrogens with zero attached hydrogens (tertiary/aromatic N) is 2. The minimum atomic E-state index is -5.06. The van der Waals surface area contributed by atoms with Gasteiger partial charge in [0, 0.05) is 23.2 Å². The van der Waals surface area contributed by atoms with Crippen LogP contribution in [0.25, 0.3) is 28.0 Å². The average molecular weight is 586 g/mol. The summed E-state index contributed by atoms with van der Waals surface area (Å²) < 4.78 is 59.9. The molecule has 0 bridgehead atoms. The van der Waals surface area contributed by atoms with Crippen LogP contribution in [-0.2, 0) is 6.42 Å². The topological polar surface area (TPSA) is 112 Å². The van der Waals surface area contributed by atoms with E-state index in [2.05, 4.69) is 14.7 Å². The molecule has 1 aliphatic carbocycles. The van der Waals surface area contributed by atoms with Crippen LogP contribution in [0.15, 0.2) is 53.5 Å². The highest BCUT2D eigenvalue weighted by Gasteiger charge is 2.33. The van der Waals surface area contributed by atoms with E-state index in [4.69, 9.17) is 11.5 Å². The molecule has 5 N–H and O–H groups in total. The minimum Gasteiger partial charge on any atom is -0.403 e. The molecule has 1 fully saturated rings. The van der Waals surface area contributed by atoms with Crippen LogP contribution in [0.2, 0.25) is 0 Å². The number of fused-ring (bicyclic) bond motifs is 1. The fraction of sp³-hybridized carbons (Fsp3) is 0.419. The summed E-state index contributed by atoms with van der Waals surface area (Å²) in [7, 11) is 0. The van der Waals surface area contributed by atoms with Crippen molar-refractivity contribution < 1.29 is 22.3 Å². The number of rotatable bonds is 10. The molecular formula is C31H35F4N5O2. The van der Waals surface area contributed by atoms with Gasteiger partial charge in [-0.25, -0.2) is 9.18 Å². The number of H-pyrrole nitrogens is 1. The van der Waals surface area contributed by atoms with Crippen molar-refractivity contribution in [3.05, 3.63) is 76.1 Å². The molecule has 1 saturated carbocycles. The molecular weight excluding hydrogens is 550 g/mol. The Morgan fingerprint density at radius 1 is 1.17 bits per heavy atom. The third-order valence-corrected chi connectivity index (χ3v) is 8.01. The third kappa shape index (κ3) is 6.84. The monoisotopic (exact) mass is 585 g/mol. The maximum Gasteiger partial charge on any atom is 0.573 e. The molecule has 3 atom stereocenters. The average Bonchev–Trinajstić information content (AvgIpc) is 3.56. The number of nitrogens with two attached hydrogens (primary N) is 2. The van der Waals surface area contributed by atoms with Gasteiger partial charge >= 0.3 is 12.1 Å². The second kappa shape index (κ2) is 12.3. The molecule has 1 aliphatic rings. The molecule has 2 heterocycles. The highest BCUT2D eigenvalue weighted by Crippen LogP contribution is 2.40. The van der Waals surface area contributed by atoms with Crippen molar-refractivity contribution in [2.45, 2.75) is 70.2 Å². The van der Waals surface area contributed by atoms with E-state index in [1.54, 1.807) is 12.3 Å². The number of aryl methyl sites for hydroxylation is 1. The number of hydrogen-bond acceptors (Lipinski definition) is 5. The van der Waals surface area contributed by atoms with Gasteiger partial charge in [-0.2, -0.15) is 4.98 Å². The Kier molecular flexibility index (Phi) is 8.70. The summed E-state index contributed by atoms with van der Waals surface area (Å²) in [6, 6.07) is 11.8. The molecule has 224 valence electrons. The lowest BCUT2D eigenvalue weighted by Crippen LogP contribution is -2.20. The van der Waals surface area contributed by atoms with E-state index in [-0.39, 0.29) is 22.9 Å². The van der Waals surface area contributed by atoms with Gasteiger partial charge in [-0.05, 0) is 112 Å². The van der Waals surface area contributed by atoms with Crippen molar-refractivity contribution >= 4 is 11.0 Å². The largest absolute Gasteiger partial charge is 0.573 e. The van der Waals surface area contributed by atoms with E-state index < -0.39 is 23.6 Å². The van der Waals surface area contributed by atoms with Crippen LogP contribution in [0.3, 0.4) is 0 Å². The summed E-state index contributed by atoms with van der Waals surface area (Å²) in [6.07, 6.45) is 2.59. The maximum atomic E-state index is 15.3. The number of benzene rings is 2. The molecule has 4 aromatic rings. The molecule has 2 aromatic carbocycles. The molecule has 7 nitrogen and oxygen atoms in total. The van der Waals surface area contributed by atoms with Gasteiger partial charge in [0.1, 0.15) is 5.65 Å². The summed E-state index contributed by atoms with van der Waals surface area (Å²) in [4.78, 5) is 19.9. The van der Waals surface area contributed by atoms with E-state index in [1.807, 2.05) is 31.2 Å². The summed E-state index contributed by atoms with van der Waals surface area (Å²) in [5.41, 5.74) is 13.6. The Labute approximate surface area is 240 Å². The Bertz CT molecular complexity index is 1590. The van der Waals surface area contributed by atoms with E-state index in [0.29, 0.717) is 54.3 Å². The summed E-state index contributed by atoms with van der Waals surface area (Å²) >= 11 is 0. The quantitative estimate of drug-likeness (QED) is 0.189. The van der Waals surface area contributed by atoms with Gasteiger partial charge in [-0.3, -0.25) is 4.57 Å². The van der Waals surface area contributed by atoms with E-state index in [0.717, 1.165) is 25.3 Å². The third-order valence-electron chi connectivity index (χ3n) is 8.01. The first-order valence-corrected chi connectivity index (χ1v) is 14.3. The van der Waals surface area contributed by atoms with E-state index in [9.17, 15) is 18.0 Å². The summed E-state index contributed by atoms with van der Waals surface area (Å²) in [6.45, 7) is 2.54. The number of halogens is 4. The number of alkyl halides is 3. The highest BCUT2D eigenvalue weighted by molar-refractivity contribution is 5.83. The van der Waals surface area contributed by atoms with Gasteiger partial charge in [-0.15, -0.1) is 13.2 Å². The normalized spacial score (nSPS) is 18.1. The SMILES string of the molecule is C[C@H](N)CCCc1cc(OC(F)(F)F)c(F)c(-c2cc3cn(-c4ccc([C@H]5CCC(CCN)C5)cc4)c(=O)nc3[nH]2)c1. The fourth-order valence-electron chi connectivity index (χ4n) is 5.93. The lowest BCUT2D eigenvalue weighted by molar-refractivity contribution is -0.275. The number of aromatic nitrogens is 3. The molecule has 0 spiro atoms. The van der Waals surface area contributed by atoms with Gasteiger partial charge in [0.25, 0.3) is 0 Å². The second-order valence-electron chi connectivity index (χ2n) is 11.3. The van der Waals surface area contributed by atoms with Gasteiger partial charge in [0.05, 0.1) is 11.4 Å². The number of hydrogen-bond donors (Lipinski definition) is 3. The number of aromatic amines is 1. The molecule has 0 radical (unpaired) electrons. The van der Waals surface area contributed by atoms with Crippen molar-refractivity contribution in [1.82, 2.24) is 14.5 Å². The molecule has 2 aromatic heterocycles. The molecule has 0 aliphatic heterocycles. The zero-order valence-corrected chi connectivity index (χ0v) is 23.4. The standard InChI is InChI=1S/C31H35F4N5O2/c1-18(37)3-2-4-20-14-25(28(32)27(15-20)42-31(33,34)35)26-16-23-17-40(30(41)39-29(23)38-26)24-9-7-21(8-10-24)22-6-5-19(13-22)11-12-36/h7-10,14-19,22H,2-6,11-13,36-37H2,1H3,(H,38,39,41)/t18-,19?,22-/m0/s1. The lowest BCUT2D eigenvalue weighted by atomic mass is 9.95. The smallest absolute Gasteiger partial charge is 0.403 e. The van der Waals surface area contributed by atoms with Crippen molar-refractivity contribution in [3.8, 4) is 22.7 Å². The van der Waals surface area contributed by atoms with Gasteiger partial charge < -0.3 is 21.2 Å². The van der Waals surface area contributed by atoms with E-state index >= 15 is 4.39 Å². The van der Waals surface area contributed by atoms with E-state index in [1.165, 1.54) is 22.6 Å². The predicted octanol–water partition coefficient (Wildman–Crippen LogP) is 6.32. The van der Waals surface area contributed by atoms with Crippen LogP contribution >= 0.6 is 0 Å². The summed E-state index contributed by atoms with van der Waals surface area (Å²) in [5.74, 6) is -0.969. The minimum absolute atomic E-state index is 0.0730. The molecule has 42 heavy (non-hydrogen) atoms. The van der Waals surface area contributed by atoms with Gasteiger partial charge in [0.2, 0.25) is 0 Å². The Morgan fingerprint density at radius 2 is 1.93 bits per heavy atom. The van der Waals surface area contributed by atoms with Gasteiger partial charge in [0.15, 0.2) is 11.6 Å². The fourth-order valence-corrected chi connectivity index (χ4v) is 5.93. The van der Waals surface area contributed by atoms with Crippen LogP contribution in [0, 0.1) is 11.7 Å². The van der Waals surface area contributed by atoms with Crippen molar-refractivity contribution in [1.29, 1.82) is 0 Å². The van der Waals surface area contributed by atoms with Crippen LogP contribution in [0.4, 0.5) is 17.6 Å². The predicted molar refractivity (Wildman–Crippen MR) is 154 cm³/mol. The van der Waals surface area contributed by atoms with Crippen molar-refractivity contribution in [2.75, 3.05) is 6.54 Å². The first-order valence-electron chi connectivity index (χ1n) is 14.3. The highest BCUT2D eigenvalue weighted by atomic mass is 19.4. The zero-order valence-electron chi connectivity index (χ0n) is 23.4. The molecule has 1 unspecified atom stereocenters. The number of ether oxygens (including phenoxy) is 1. The first-order chi connectivity index (χ1) is 20.0. The van der Waals surface area contributed by atoms with Crippen LogP contribution in [-0.4, -0.2) is 33.5 Å². The second-order valence-corrected chi connectivity index (χ2v) is 11.3. The van der Waals surface area contributed by atoms with Gasteiger partial charge in [-0.1, -0.05) is 12.1 Å². The van der Waals surface area contributed by atoms with Crippen LogP contribution in [0.1, 0.15) is 62.5 Å². The zero-order chi connectivity index (χ0) is 30.0. The maximum absolute atomic E-state index is 15.3.